The maximum absolute atomic E-state index is 12.6. The maximum atomic E-state index is 12.6. The number of halogens is 2. The molecular weight excluding hydrogens is 359 g/mol. The lowest BCUT2D eigenvalue weighted by Crippen LogP contribution is -2.30. The molecule has 2 aromatic carbocycles. The molecule has 1 atom stereocenters. The first-order valence-electron chi connectivity index (χ1n) is 8.09. The molecule has 0 saturated heterocycles. The first-order chi connectivity index (χ1) is 11.6. The number of nitrogens with one attached hydrogen (secondary N) is 1. The number of benzene rings is 2. The van der Waals surface area contributed by atoms with Crippen molar-refractivity contribution in [2.45, 2.75) is 25.2 Å². The Morgan fingerprint density at radius 2 is 2.12 bits per heavy atom. The summed E-state index contributed by atoms with van der Waals surface area (Å²) in [5.74, 6) is 0.574. The molecule has 1 aliphatic rings. The van der Waals surface area contributed by atoms with Crippen molar-refractivity contribution in [2.24, 2.45) is 0 Å². The van der Waals surface area contributed by atoms with Crippen LogP contribution in [0.15, 0.2) is 36.4 Å². The van der Waals surface area contributed by atoms with Crippen molar-refractivity contribution in [1.29, 1.82) is 0 Å². The van der Waals surface area contributed by atoms with E-state index in [4.69, 9.17) is 22.1 Å². The van der Waals surface area contributed by atoms with Crippen LogP contribution in [0.5, 0.6) is 5.75 Å². The van der Waals surface area contributed by atoms with Crippen LogP contribution in [0.2, 0.25) is 5.02 Å². The van der Waals surface area contributed by atoms with Crippen LogP contribution >= 0.6 is 24.0 Å². The molecule has 134 valence electrons. The van der Waals surface area contributed by atoms with E-state index in [0.717, 1.165) is 19.3 Å². The molecule has 1 aliphatic carbocycles. The third-order valence-corrected chi connectivity index (χ3v) is 4.89. The summed E-state index contributed by atoms with van der Waals surface area (Å²) < 4.78 is 5.25. The number of aryl methyl sites for hydroxylation is 1. The third-order valence-electron chi connectivity index (χ3n) is 4.57. The lowest BCUT2D eigenvalue weighted by atomic mass is 9.83. The summed E-state index contributed by atoms with van der Waals surface area (Å²) in [5.41, 5.74) is 9.29. The molecule has 0 aliphatic heterocycles. The maximum Gasteiger partial charge on any atom is 0.255 e. The first kappa shape index (κ1) is 19.4. The Kier molecular flexibility index (Phi) is 6.57. The van der Waals surface area contributed by atoms with Gasteiger partial charge in [0.15, 0.2) is 0 Å². The van der Waals surface area contributed by atoms with Gasteiger partial charge in [0.05, 0.1) is 23.4 Å². The lowest BCUT2D eigenvalue weighted by molar-refractivity contribution is 0.0947. The Morgan fingerprint density at radius 3 is 2.88 bits per heavy atom. The number of rotatable bonds is 4. The highest BCUT2D eigenvalue weighted by atomic mass is 35.5. The predicted octanol–water partition coefficient (Wildman–Crippen LogP) is 4.20. The molecule has 2 aromatic rings. The lowest BCUT2D eigenvalue weighted by Gasteiger charge is -2.25. The van der Waals surface area contributed by atoms with Crippen molar-refractivity contribution in [3.63, 3.8) is 0 Å². The number of fused-ring (bicyclic) bond motifs is 1. The van der Waals surface area contributed by atoms with E-state index in [0.29, 0.717) is 34.5 Å². The molecule has 25 heavy (non-hydrogen) atoms. The monoisotopic (exact) mass is 380 g/mol. The van der Waals surface area contributed by atoms with Gasteiger partial charge in [-0.05, 0) is 36.5 Å². The minimum absolute atomic E-state index is 0. The standard InChI is InChI=1S/C19H21ClN2O2.ClH/c1-24-18-10-17(21)16(20)9-15(18)19(23)22-11-13-7-4-6-12-5-2-3-8-14(12)13;/h2-3,5,8-10,13H,4,6-7,11,21H2,1H3,(H,22,23);1H. The van der Waals surface area contributed by atoms with Gasteiger partial charge in [0.2, 0.25) is 0 Å². The largest absolute Gasteiger partial charge is 0.496 e. The molecule has 0 aromatic heterocycles. The van der Waals surface area contributed by atoms with Crippen molar-refractivity contribution in [3.8, 4) is 5.75 Å². The molecule has 1 unspecified atom stereocenters. The van der Waals surface area contributed by atoms with Crippen molar-refractivity contribution in [2.75, 3.05) is 19.4 Å². The van der Waals surface area contributed by atoms with E-state index in [9.17, 15) is 4.79 Å². The fourth-order valence-electron chi connectivity index (χ4n) is 3.29. The van der Waals surface area contributed by atoms with Crippen LogP contribution in [0.4, 0.5) is 5.69 Å². The fourth-order valence-corrected chi connectivity index (χ4v) is 3.46. The van der Waals surface area contributed by atoms with Crippen LogP contribution in [0.25, 0.3) is 0 Å². The minimum Gasteiger partial charge on any atom is -0.496 e. The number of ether oxygens (including phenoxy) is 1. The summed E-state index contributed by atoms with van der Waals surface area (Å²) in [5, 5.41) is 3.36. The number of carbonyl (C=O) groups excluding carboxylic acids is 1. The molecular formula is C19H22Cl2N2O2. The van der Waals surface area contributed by atoms with Crippen LogP contribution in [-0.2, 0) is 6.42 Å². The van der Waals surface area contributed by atoms with E-state index in [1.165, 1.54) is 18.2 Å². The molecule has 0 fully saturated rings. The number of amides is 1. The summed E-state index contributed by atoms with van der Waals surface area (Å²) in [4.78, 5) is 12.6. The van der Waals surface area contributed by atoms with E-state index in [1.54, 1.807) is 12.1 Å². The topological polar surface area (TPSA) is 64.3 Å². The molecule has 0 bridgehead atoms. The van der Waals surface area contributed by atoms with Gasteiger partial charge >= 0.3 is 0 Å². The fraction of sp³-hybridized carbons (Fsp3) is 0.316. The summed E-state index contributed by atoms with van der Waals surface area (Å²) in [6, 6.07) is 11.6. The predicted molar refractivity (Wildman–Crippen MR) is 104 cm³/mol. The third kappa shape index (κ3) is 4.20. The molecule has 0 radical (unpaired) electrons. The quantitative estimate of drug-likeness (QED) is 0.780. The number of hydrogen-bond donors (Lipinski definition) is 2. The molecule has 0 saturated carbocycles. The molecule has 4 nitrogen and oxygen atoms in total. The van der Waals surface area contributed by atoms with Crippen molar-refractivity contribution in [3.05, 3.63) is 58.1 Å². The van der Waals surface area contributed by atoms with Crippen molar-refractivity contribution in [1.82, 2.24) is 5.32 Å². The Morgan fingerprint density at radius 1 is 1.36 bits per heavy atom. The smallest absolute Gasteiger partial charge is 0.255 e. The Labute approximate surface area is 159 Å². The number of anilines is 1. The zero-order chi connectivity index (χ0) is 17.1. The van der Waals surface area contributed by atoms with E-state index in [1.807, 2.05) is 0 Å². The second kappa shape index (κ2) is 8.45. The van der Waals surface area contributed by atoms with Gasteiger partial charge in [0.25, 0.3) is 5.91 Å². The minimum atomic E-state index is -0.197. The summed E-state index contributed by atoms with van der Waals surface area (Å²) >= 11 is 6.04. The first-order valence-corrected chi connectivity index (χ1v) is 8.47. The number of nitrogen functional groups attached to an aromatic ring is 1. The average Bonchev–Trinajstić information content (AvgIpc) is 2.61. The number of methoxy groups -OCH3 is 1. The van der Waals surface area contributed by atoms with Gasteiger partial charge in [-0.1, -0.05) is 35.9 Å². The highest BCUT2D eigenvalue weighted by Crippen LogP contribution is 2.32. The van der Waals surface area contributed by atoms with E-state index < -0.39 is 0 Å². The Balaban J connectivity index is 0.00000225. The van der Waals surface area contributed by atoms with Gasteiger partial charge in [0.1, 0.15) is 5.75 Å². The second-order valence-electron chi connectivity index (χ2n) is 6.07. The van der Waals surface area contributed by atoms with Gasteiger partial charge in [-0.25, -0.2) is 0 Å². The number of nitrogens with two attached hydrogens (primary N) is 1. The average molecular weight is 381 g/mol. The molecule has 3 rings (SSSR count). The Hall–Kier alpha value is -1.91. The SMILES string of the molecule is COc1cc(N)c(Cl)cc1C(=O)NCC1CCCc2ccccc21.Cl. The molecule has 6 heteroatoms. The van der Waals surface area contributed by atoms with E-state index in [2.05, 4.69) is 29.6 Å². The van der Waals surface area contributed by atoms with Gasteiger partial charge in [-0.3, -0.25) is 4.79 Å². The van der Waals surface area contributed by atoms with E-state index in [-0.39, 0.29) is 18.3 Å². The highest BCUT2D eigenvalue weighted by molar-refractivity contribution is 6.33. The molecule has 0 spiro atoms. The van der Waals surface area contributed by atoms with Crippen LogP contribution in [0, 0.1) is 0 Å². The van der Waals surface area contributed by atoms with Gasteiger partial charge < -0.3 is 15.8 Å². The zero-order valence-electron chi connectivity index (χ0n) is 14.0. The second-order valence-corrected chi connectivity index (χ2v) is 6.48. The van der Waals surface area contributed by atoms with Crippen LogP contribution in [0.3, 0.4) is 0 Å². The van der Waals surface area contributed by atoms with Gasteiger partial charge in [-0.2, -0.15) is 0 Å². The summed E-state index contributed by atoms with van der Waals surface area (Å²) in [7, 11) is 1.51. The van der Waals surface area contributed by atoms with Crippen molar-refractivity contribution < 1.29 is 9.53 Å². The van der Waals surface area contributed by atoms with Crippen LogP contribution in [0.1, 0.15) is 40.2 Å². The molecule has 0 heterocycles. The Bertz CT molecular complexity index is 765. The van der Waals surface area contributed by atoms with Crippen LogP contribution in [-0.4, -0.2) is 19.6 Å². The highest BCUT2D eigenvalue weighted by Gasteiger charge is 2.21. The zero-order valence-corrected chi connectivity index (χ0v) is 15.6. The molecule has 1 amide bonds. The van der Waals surface area contributed by atoms with Gasteiger partial charge in [-0.15, -0.1) is 12.4 Å². The van der Waals surface area contributed by atoms with Crippen molar-refractivity contribution >= 4 is 35.6 Å². The number of hydrogen-bond acceptors (Lipinski definition) is 3. The van der Waals surface area contributed by atoms with E-state index >= 15 is 0 Å². The molecule has 3 N–H and O–H groups in total. The van der Waals surface area contributed by atoms with Crippen LogP contribution < -0.4 is 15.8 Å². The number of carbonyl (C=O) groups is 1. The normalized spacial score (nSPS) is 15.7. The summed E-state index contributed by atoms with van der Waals surface area (Å²) in [6.45, 7) is 0.598. The summed E-state index contributed by atoms with van der Waals surface area (Å²) in [6.07, 6.45) is 3.34. The van der Waals surface area contributed by atoms with Gasteiger partial charge in [0, 0.05) is 18.5 Å².